The van der Waals surface area contributed by atoms with Crippen molar-refractivity contribution < 1.29 is 14.3 Å². The molecule has 1 aromatic rings. The van der Waals surface area contributed by atoms with E-state index in [-0.39, 0.29) is 11.6 Å². The molecule has 1 aliphatic heterocycles. The standard InChI is InChI=1S/C15H27N3O5Si/c1-15(2,3)24(4,5)22-8-9-12(20)11(16)13(23-9)18-7-6-10(19)17-14(18)21/h6-7,9,11-13,20H,8,16H2,1-5H3,(H,17,19,21)/t9-,11-,12-,13-/m1/s1. The second kappa shape index (κ2) is 6.56. The Balaban J connectivity index is 2.13. The summed E-state index contributed by atoms with van der Waals surface area (Å²) in [5.41, 5.74) is 4.88. The lowest BCUT2D eigenvalue weighted by Crippen LogP contribution is -2.45. The summed E-state index contributed by atoms with van der Waals surface area (Å²) in [6.07, 6.45) is -1.12. The molecular formula is C15H27N3O5Si. The molecule has 1 saturated heterocycles. The van der Waals surface area contributed by atoms with Gasteiger partial charge in [0.1, 0.15) is 12.2 Å². The van der Waals surface area contributed by atoms with Crippen LogP contribution in [-0.4, -0.2) is 47.8 Å². The summed E-state index contributed by atoms with van der Waals surface area (Å²) in [5, 5.41) is 10.4. The largest absolute Gasteiger partial charge is 0.414 e. The van der Waals surface area contributed by atoms with E-state index in [0.717, 1.165) is 0 Å². The maximum Gasteiger partial charge on any atom is 0.330 e. The molecule has 1 aromatic heterocycles. The third-order valence-electron chi connectivity index (χ3n) is 4.96. The minimum absolute atomic E-state index is 0.0356. The van der Waals surface area contributed by atoms with Gasteiger partial charge in [0.05, 0.1) is 12.6 Å². The molecule has 0 saturated carbocycles. The monoisotopic (exact) mass is 357 g/mol. The van der Waals surface area contributed by atoms with E-state index >= 15 is 0 Å². The number of aliphatic hydroxyl groups is 1. The molecule has 0 amide bonds. The molecule has 4 atom stereocenters. The third kappa shape index (κ3) is 3.70. The molecular weight excluding hydrogens is 330 g/mol. The Labute approximate surface area is 141 Å². The summed E-state index contributed by atoms with van der Waals surface area (Å²) in [4.78, 5) is 25.2. The number of nitrogens with two attached hydrogens (primary N) is 1. The van der Waals surface area contributed by atoms with Crippen molar-refractivity contribution in [3.63, 3.8) is 0 Å². The molecule has 4 N–H and O–H groups in total. The van der Waals surface area contributed by atoms with Gasteiger partial charge in [0.15, 0.2) is 14.5 Å². The van der Waals surface area contributed by atoms with Gasteiger partial charge in [-0.15, -0.1) is 0 Å². The topological polar surface area (TPSA) is 120 Å². The number of rotatable bonds is 4. The molecule has 1 aliphatic rings. The van der Waals surface area contributed by atoms with Crippen LogP contribution in [0.4, 0.5) is 0 Å². The molecule has 0 spiro atoms. The summed E-state index contributed by atoms with van der Waals surface area (Å²) >= 11 is 0. The number of nitrogens with zero attached hydrogens (tertiary/aromatic N) is 1. The lowest BCUT2D eigenvalue weighted by atomic mass is 10.1. The van der Waals surface area contributed by atoms with Gasteiger partial charge < -0.3 is 20.0 Å². The quantitative estimate of drug-likeness (QED) is 0.660. The zero-order chi connectivity index (χ0) is 18.3. The van der Waals surface area contributed by atoms with Crippen LogP contribution in [0.5, 0.6) is 0 Å². The van der Waals surface area contributed by atoms with Crippen LogP contribution in [0.15, 0.2) is 21.9 Å². The predicted octanol–water partition coefficient (Wildman–Crippen LogP) is 0.144. The fourth-order valence-electron chi connectivity index (χ4n) is 2.29. The molecule has 0 unspecified atom stereocenters. The average molecular weight is 357 g/mol. The van der Waals surface area contributed by atoms with Crippen molar-refractivity contribution in [2.75, 3.05) is 6.61 Å². The molecule has 24 heavy (non-hydrogen) atoms. The number of aromatic amines is 1. The minimum Gasteiger partial charge on any atom is -0.414 e. The molecule has 2 rings (SSSR count). The number of aromatic nitrogens is 2. The van der Waals surface area contributed by atoms with Crippen molar-refractivity contribution in [1.29, 1.82) is 0 Å². The van der Waals surface area contributed by atoms with E-state index in [2.05, 4.69) is 38.8 Å². The third-order valence-corrected chi connectivity index (χ3v) is 9.46. The number of hydrogen-bond acceptors (Lipinski definition) is 6. The van der Waals surface area contributed by atoms with Crippen molar-refractivity contribution >= 4 is 8.32 Å². The first kappa shape index (κ1) is 19.1. The minimum atomic E-state index is -1.99. The summed E-state index contributed by atoms with van der Waals surface area (Å²) in [6.45, 7) is 10.8. The molecule has 0 aromatic carbocycles. The zero-order valence-electron chi connectivity index (χ0n) is 14.8. The van der Waals surface area contributed by atoms with Gasteiger partial charge in [-0.3, -0.25) is 14.3 Å². The first-order valence-electron chi connectivity index (χ1n) is 7.98. The molecule has 1 fully saturated rings. The van der Waals surface area contributed by atoms with Crippen LogP contribution >= 0.6 is 0 Å². The van der Waals surface area contributed by atoms with Gasteiger partial charge in [-0.25, -0.2) is 4.79 Å². The first-order chi connectivity index (χ1) is 10.9. The second-order valence-corrected chi connectivity index (χ2v) is 12.5. The van der Waals surface area contributed by atoms with Crippen LogP contribution in [0.2, 0.25) is 18.1 Å². The zero-order valence-corrected chi connectivity index (χ0v) is 15.8. The number of hydrogen-bond donors (Lipinski definition) is 3. The van der Waals surface area contributed by atoms with Crippen LogP contribution in [0.25, 0.3) is 0 Å². The molecule has 9 heteroatoms. The highest BCUT2D eigenvalue weighted by atomic mass is 28.4. The van der Waals surface area contributed by atoms with Crippen LogP contribution in [-0.2, 0) is 9.16 Å². The van der Waals surface area contributed by atoms with Gasteiger partial charge in [0.2, 0.25) is 0 Å². The van der Waals surface area contributed by atoms with Crippen molar-refractivity contribution in [3.05, 3.63) is 33.1 Å². The van der Waals surface area contributed by atoms with Crippen molar-refractivity contribution in [1.82, 2.24) is 9.55 Å². The predicted molar refractivity (Wildman–Crippen MR) is 92.4 cm³/mol. The van der Waals surface area contributed by atoms with Crippen LogP contribution < -0.4 is 17.0 Å². The lowest BCUT2D eigenvalue weighted by molar-refractivity contribution is -0.0439. The molecule has 0 radical (unpaired) electrons. The Bertz CT molecular complexity index is 693. The van der Waals surface area contributed by atoms with Gasteiger partial charge in [-0.05, 0) is 18.1 Å². The van der Waals surface area contributed by atoms with Gasteiger partial charge in [0.25, 0.3) is 5.56 Å². The van der Waals surface area contributed by atoms with E-state index in [9.17, 15) is 14.7 Å². The highest BCUT2D eigenvalue weighted by Crippen LogP contribution is 2.37. The average Bonchev–Trinajstić information content (AvgIpc) is 2.72. The van der Waals surface area contributed by atoms with Crippen molar-refractivity contribution in [2.24, 2.45) is 5.73 Å². The second-order valence-electron chi connectivity index (χ2n) is 7.72. The van der Waals surface area contributed by atoms with Crippen LogP contribution in [0, 0.1) is 0 Å². The maximum absolute atomic E-state index is 11.9. The normalized spacial score (nSPS) is 28.3. The fraction of sp³-hybridized carbons (Fsp3) is 0.733. The Kier molecular flexibility index (Phi) is 5.21. The Morgan fingerprint density at radius 3 is 2.58 bits per heavy atom. The molecule has 8 nitrogen and oxygen atoms in total. The van der Waals surface area contributed by atoms with E-state index in [1.807, 2.05) is 0 Å². The van der Waals surface area contributed by atoms with Gasteiger partial charge in [-0.1, -0.05) is 20.8 Å². The number of aliphatic hydroxyl groups excluding tert-OH is 1. The van der Waals surface area contributed by atoms with E-state index in [1.54, 1.807) is 0 Å². The summed E-state index contributed by atoms with van der Waals surface area (Å²) in [5.74, 6) is 0. The van der Waals surface area contributed by atoms with E-state index in [0.29, 0.717) is 0 Å². The van der Waals surface area contributed by atoms with Crippen LogP contribution in [0.1, 0.15) is 27.0 Å². The summed E-state index contributed by atoms with van der Waals surface area (Å²) in [7, 11) is -1.99. The maximum atomic E-state index is 11.9. The first-order valence-corrected chi connectivity index (χ1v) is 10.9. The highest BCUT2D eigenvalue weighted by Gasteiger charge is 2.45. The number of ether oxygens (including phenoxy) is 1. The number of H-pyrrole nitrogens is 1. The van der Waals surface area contributed by atoms with Crippen LogP contribution in [0.3, 0.4) is 0 Å². The van der Waals surface area contributed by atoms with E-state index < -0.39 is 44.0 Å². The highest BCUT2D eigenvalue weighted by molar-refractivity contribution is 6.74. The Morgan fingerprint density at radius 1 is 1.42 bits per heavy atom. The Hall–Kier alpha value is -1.26. The van der Waals surface area contributed by atoms with Gasteiger partial charge in [0, 0.05) is 12.3 Å². The van der Waals surface area contributed by atoms with E-state index in [1.165, 1.54) is 16.8 Å². The van der Waals surface area contributed by atoms with Gasteiger partial charge >= 0.3 is 5.69 Å². The molecule has 0 aliphatic carbocycles. The van der Waals surface area contributed by atoms with Crippen molar-refractivity contribution in [3.8, 4) is 0 Å². The molecule has 0 bridgehead atoms. The Morgan fingerprint density at radius 2 is 2.04 bits per heavy atom. The summed E-state index contributed by atoms with van der Waals surface area (Å²) < 4.78 is 13.0. The fourth-order valence-corrected chi connectivity index (χ4v) is 3.30. The smallest absolute Gasteiger partial charge is 0.330 e. The van der Waals surface area contributed by atoms with E-state index in [4.69, 9.17) is 14.9 Å². The van der Waals surface area contributed by atoms with Gasteiger partial charge in [-0.2, -0.15) is 0 Å². The SMILES string of the molecule is CC(C)(C)[Si](C)(C)OC[C@H]1O[C@@H](n2ccc(=O)[nH]c2=O)[C@H](N)[C@@H]1O. The lowest BCUT2D eigenvalue weighted by Gasteiger charge is -2.37. The number of nitrogens with one attached hydrogen (secondary N) is 1. The van der Waals surface area contributed by atoms with Crippen molar-refractivity contribution in [2.45, 2.75) is 63.4 Å². The molecule has 2 heterocycles. The summed E-state index contributed by atoms with van der Waals surface area (Å²) in [6, 6.07) is 0.421. The molecule has 136 valence electrons.